The quantitative estimate of drug-likeness (QED) is 0.719. The van der Waals surface area contributed by atoms with Gasteiger partial charge >= 0.3 is 5.97 Å². The van der Waals surface area contributed by atoms with Crippen molar-refractivity contribution >= 4 is 11.9 Å². The van der Waals surface area contributed by atoms with E-state index in [-0.39, 0.29) is 12.3 Å². The highest BCUT2D eigenvalue weighted by Crippen LogP contribution is 2.39. The molecule has 0 atom stereocenters. The highest BCUT2D eigenvalue weighted by atomic mass is 16.4. The van der Waals surface area contributed by atoms with Gasteiger partial charge in [-0.3, -0.25) is 14.5 Å². The maximum Gasteiger partial charge on any atom is 0.310 e. The molecule has 2 saturated carbocycles. The number of rotatable bonds is 8. The Morgan fingerprint density at radius 1 is 1.24 bits per heavy atom. The van der Waals surface area contributed by atoms with Crippen molar-refractivity contribution in [3.05, 3.63) is 0 Å². The summed E-state index contributed by atoms with van der Waals surface area (Å²) >= 11 is 0. The molecule has 0 aromatic carbocycles. The smallest absolute Gasteiger partial charge is 0.310 e. The molecule has 120 valence electrons. The van der Waals surface area contributed by atoms with Crippen LogP contribution in [-0.2, 0) is 9.59 Å². The summed E-state index contributed by atoms with van der Waals surface area (Å²) in [6.45, 7) is 4.65. The molecule has 2 fully saturated rings. The lowest BCUT2D eigenvalue weighted by atomic mass is 9.71. The van der Waals surface area contributed by atoms with Gasteiger partial charge in [-0.1, -0.05) is 26.2 Å². The fourth-order valence-electron chi connectivity index (χ4n) is 3.44. The summed E-state index contributed by atoms with van der Waals surface area (Å²) < 4.78 is 0. The van der Waals surface area contributed by atoms with Crippen molar-refractivity contribution in [2.45, 2.75) is 64.3 Å². The highest BCUT2D eigenvalue weighted by molar-refractivity contribution is 5.85. The van der Waals surface area contributed by atoms with Gasteiger partial charge in [-0.05, 0) is 32.2 Å². The van der Waals surface area contributed by atoms with Crippen LogP contribution >= 0.6 is 0 Å². The molecule has 5 heteroatoms. The normalized spacial score (nSPS) is 21.2. The second-order valence-electron chi connectivity index (χ2n) is 6.53. The van der Waals surface area contributed by atoms with Gasteiger partial charge < -0.3 is 10.4 Å². The van der Waals surface area contributed by atoms with Gasteiger partial charge in [0.15, 0.2) is 0 Å². The largest absolute Gasteiger partial charge is 0.481 e. The highest BCUT2D eigenvalue weighted by Gasteiger charge is 2.41. The van der Waals surface area contributed by atoms with E-state index in [0.29, 0.717) is 25.4 Å². The van der Waals surface area contributed by atoms with E-state index in [1.54, 1.807) is 0 Å². The van der Waals surface area contributed by atoms with Crippen LogP contribution in [0.1, 0.15) is 58.3 Å². The van der Waals surface area contributed by atoms with Crippen LogP contribution in [0, 0.1) is 5.41 Å². The number of carboxylic acids is 1. The van der Waals surface area contributed by atoms with Crippen molar-refractivity contribution in [1.82, 2.24) is 10.2 Å². The van der Waals surface area contributed by atoms with Crippen molar-refractivity contribution < 1.29 is 14.7 Å². The molecule has 2 aliphatic carbocycles. The minimum atomic E-state index is -0.816. The van der Waals surface area contributed by atoms with Crippen LogP contribution in [0.3, 0.4) is 0 Å². The van der Waals surface area contributed by atoms with E-state index in [4.69, 9.17) is 0 Å². The number of carbonyl (C=O) groups excluding carboxylic acids is 1. The van der Waals surface area contributed by atoms with Crippen molar-refractivity contribution in [2.24, 2.45) is 5.41 Å². The monoisotopic (exact) mass is 296 g/mol. The molecule has 2 N–H and O–H groups in total. The lowest BCUT2D eigenvalue weighted by molar-refractivity contribution is -0.154. The maximum absolute atomic E-state index is 12.1. The first-order valence-corrected chi connectivity index (χ1v) is 8.31. The number of hydrogen-bond donors (Lipinski definition) is 2. The molecular formula is C16H28N2O3. The molecule has 21 heavy (non-hydrogen) atoms. The Labute approximate surface area is 127 Å². The Kier molecular flexibility index (Phi) is 5.62. The zero-order chi connectivity index (χ0) is 15.3. The summed E-state index contributed by atoms with van der Waals surface area (Å²) in [5.74, 6) is -0.906. The second-order valence-corrected chi connectivity index (χ2v) is 6.53. The molecule has 2 rings (SSSR count). The average molecular weight is 296 g/mol. The van der Waals surface area contributed by atoms with E-state index in [9.17, 15) is 14.7 Å². The summed E-state index contributed by atoms with van der Waals surface area (Å²) in [4.78, 5) is 26.0. The third-order valence-electron chi connectivity index (χ3n) is 4.95. The lowest BCUT2D eigenvalue weighted by Crippen LogP contribution is -2.41. The summed E-state index contributed by atoms with van der Waals surface area (Å²) in [5, 5.41) is 12.4. The molecule has 5 nitrogen and oxygen atoms in total. The zero-order valence-electron chi connectivity index (χ0n) is 13.1. The maximum atomic E-state index is 12.1. The minimum Gasteiger partial charge on any atom is -0.481 e. The van der Waals surface area contributed by atoms with E-state index < -0.39 is 11.4 Å². The van der Waals surface area contributed by atoms with Crippen LogP contribution in [-0.4, -0.2) is 47.6 Å². The predicted octanol–water partition coefficient (Wildman–Crippen LogP) is 2.01. The third kappa shape index (κ3) is 4.43. The Bertz CT molecular complexity index is 374. The molecule has 1 amide bonds. The number of carbonyl (C=O) groups is 2. The van der Waals surface area contributed by atoms with E-state index in [2.05, 4.69) is 17.1 Å². The third-order valence-corrected chi connectivity index (χ3v) is 4.95. The standard InChI is InChI=1S/C16H28N2O3/c1-2-18(13-6-7-13)11-10-17-14(19)12-16(15(20)21)8-4-3-5-9-16/h13H,2-12H2,1H3,(H,17,19)(H,20,21). The van der Waals surface area contributed by atoms with Gasteiger partial charge in [-0.2, -0.15) is 0 Å². The number of amides is 1. The zero-order valence-corrected chi connectivity index (χ0v) is 13.1. The number of aliphatic carboxylic acids is 1. The molecule has 0 aromatic heterocycles. The van der Waals surface area contributed by atoms with Gasteiger partial charge in [-0.25, -0.2) is 0 Å². The number of nitrogens with one attached hydrogen (secondary N) is 1. The molecule has 0 unspecified atom stereocenters. The summed E-state index contributed by atoms with van der Waals surface area (Å²) in [6, 6.07) is 0.704. The van der Waals surface area contributed by atoms with Crippen LogP contribution in [0.15, 0.2) is 0 Å². The van der Waals surface area contributed by atoms with Crippen LogP contribution in [0.25, 0.3) is 0 Å². The van der Waals surface area contributed by atoms with E-state index in [1.807, 2.05) is 0 Å². The van der Waals surface area contributed by atoms with Gasteiger partial charge in [0.1, 0.15) is 0 Å². The Hall–Kier alpha value is -1.10. The minimum absolute atomic E-state index is 0.105. The number of likely N-dealkylation sites (N-methyl/N-ethyl adjacent to an activating group) is 1. The molecule has 0 spiro atoms. The average Bonchev–Trinajstić information content (AvgIpc) is 3.29. The molecule has 0 aromatic rings. The van der Waals surface area contributed by atoms with Crippen LogP contribution in [0.2, 0.25) is 0 Å². The molecule has 0 saturated heterocycles. The van der Waals surface area contributed by atoms with Gasteiger partial charge in [0, 0.05) is 25.6 Å². The SMILES string of the molecule is CCN(CCNC(=O)CC1(C(=O)O)CCCCC1)C1CC1. The van der Waals surface area contributed by atoms with Crippen molar-refractivity contribution in [3.63, 3.8) is 0 Å². The van der Waals surface area contributed by atoms with Gasteiger partial charge in [0.2, 0.25) is 5.91 Å². The Balaban J connectivity index is 1.75. The Morgan fingerprint density at radius 3 is 2.43 bits per heavy atom. The fourth-order valence-corrected chi connectivity index (χ4v) is 3.44. The van der Waals surface area contributed by atoms with Crippen molar-refractivity contribution in [3.8, 4) is 0 Å². The van der Waals surface area contributed by atoms with Crippen LogP contribution in [0.4, 0.5) is 0 Å². The first-order chi connectivity index (χ1) is 10.1. The predicted molar refractivity (Wildman–Crippen MR) is 81.0 cm³/mol. The van der Waals surface area contributed by atoms with Crippen molar-refractivity contribution in [1.29, 1.82) is 0 Å². The number of carboxylic acid groups (broad SMARTS) is 1. The number of hydrogen-bond acceptors (Lipinski definition) is 3. The first kappa shape index (κ1) is 16.3. The van der Waals surface area contributed by atoms with E-state index in [1.165, 1.54) is 12.8 Å². The molecule has 0 aliphatic heterocycles. The Morgan fingerprint density at radius 2 is 1.90 bits per heavy atom. The van der Waals surface area contributed by atoms with Gasteiger partial charge in [0.25, 0.3) is 0 Å². The van der Waals surface area contributed by atoms with E-state index in [0.717, 1.165) is 32.4 Å². The second kappa shape index (κ2) is 7.25. The molecule has 0 heterocycles. The van der Waals surface area contributed by atoms with Gasteiger partial charge in [0.05, 0.1) is 5.41 Å². The topological polar surface area (TPSA) is 69.6 Å². The number of nitrogens with zero attached hydrogens (tertiary/aromatic N) is 1. The van der Waals surface area contributed by atoms with Crippen molar-refractivity contribution in [2.75, 3.05) is 19.6 Å². The van der Waals surface area contributed by atoms with E-state index >= 15 is 0 Å². The van der Waals surface area contributed by atoms with Crippen LogP contribution < -0.4 is 5.32 Å². The molecule has 0 radical (unpaired) electrons. The molecule has 0 bridgehead atoms. The first-order valence-electron chi connectivity index (χ1n) is 8.31. The lowest BCUT2D eigenvalue weighted by Gasteiger charge is -2.32. The van der Waals surface area contributed by atoms with Crippen LogP contribution in [0.5, 0.6) is 0 Å². The molecule has 2 aliphatic rings. The van der Waals surface area contributed by atoms with Gasteiger partial charge in [-0.15, -0.1) is 0 Å². The summed E-state index contributed by atoms with van der Waals surface area (Å²) in [7, 11) is 0. The summed E-state index contributed by atoms with van der Waals surface area (Å²) in [6.07, 6.45) is 6.88. The summed E-state index contributed by atoms with van der Waals surface area (Å²) in [5.41, 5.74) is -0.816. The fraction of sp³-hybridized carbons (Fsp3) is 0.875. The molecular weight excluding hydrogens is 268 g/mol.